The van der Waals surface area contributed by atoms with Crippen LogP contribution in [0.3, 0.4) is 0 Å². The van der Waals surface area contributed by atoms with Crippen molar-refractivity contribution in [2.45, 2.75) is 254 Å². The predicted octanol–water partition coefficient (Wildman–Crippen LogP) is 21.9. The van der Waals surface area contributed by atoms with Gasteiger partial charge in [-0.1, -0.05) is 139 Å². The third-order valence-electron chi connectivity index (χ3n) is 29.8. The number of phenols is 1. The molecule has 20 rings (SSSR count). The van der Waals surface area contributed by atoms with Crippen LogP contribution < -0.4 is 19.6 Å². The number of carbonyl (C=O) groups excluding carboxylic acids is 8. The van der Waals surface area contributed by atoms with Crippen LogP contribution in [-0.4, -0.2) is 151 Å². The fourth-order valence-electron chi connectivity index (χ4n) is 23.2. The lowest BCUT2D eigenvalue weighted by Gasteiger charge is -2.37. The number of halogens is 10. The molecule has 8 bridgehead atoms. The summed E-state index contributed by atoms with van der Waals surface area (Å²) in [5.74, 6) is 2.04. The minimum Gasteiger partial charge on any atom is -0.507 e. The summed E-state index contributed by atoms with van der Waals surface area (Å²) >= 11 is 0. The molecule has 0 radical (unpaired) electrons. The number of Topliss-reactive ketones (excluding diaryl/α,β-unsaturated/α-hetero) is 8. The maximum Gasteiger partial charge on any atom is 0.416 e. The lowest BCUT2D eigenvalue weighted by Crippen LogP contribution is -2.39. The normalized spacial score (nSPS) is 21.3. The SMILES string of the molecule is CC(F)(F)c1cccc2c1C(=O)C(C(=O)Cc1ccc(N3C4CCCC3CC4)cc1C(F)(F)F)=CC2.CN(C)CC#Cc1cc(N2C3CCC2CC3)ccc1CC(=O)C1=CCc2cccc(C(C)(F)F)c2C1=O.Cc1cccc2c1C(=O)C(C(=O)Cc1ccc(N3C4CCC3CC4)cc1C#CCN(C)C)=CC2.O=C(Cc1ccc(N2C3CCC2CC3)cc1C(F)(F)F)C1=CCc2cccc(O)c2C1=O.[HH]. The Balaban J connectivity index is 0.000000134. The van der Waals surface area contributed by atoms with Gasteiger partial charge in [0.05, 0.1) is 52.1 Å². The highest BCUT2D eigenvalue weighted by atomic mass is 19.4. The second-order valence-corrected chi connectivity index (χ2v) is 39.7. The lowest BCUT2D eigenvalue weighted by atomic mass is 9.83. The summed E-state index contributed by atoms with van der Waals surface area (Å²) in [4.78, 5) is 118. The van der Waals surface area contributed by atoms with E-state index in [1.54, 1.807) is 42.5 Å². The Kier molecular flexibility index (Phi) is 28.2. The molecule has 2 atom stereocenters. The molecule has 8 saturated heterocycles. The third kappa shape index (κ3) is 20.6. The van der Waals surface area contributed by atoms with Gasteiger partial charge in [0.15, 0.2) is 46.3 Å². The number of fused-ring (bicyclic) bond motifs is 12. The second kappa shape index (κ2) is 40.0. The number of rotatable bonds is 20. The minimum absolute atomic E-state index is 0. The number of phenolic OH excluding ortho intramolecular Hbond substituents is 1. The van der Waals surface area contributed by atoms with Crippen molar-refractivity contribution in [1.29, 1.82) is 0 Å². The standard InChI is InChI=1S/C31H32F2N2O2.C30H32N2O2.C28H26F5NO2.C25H22F3NO3.H2/c1-31(32,33)27-8-4-6-20-10-16-26(30(37)29(20)27)28(36)19-22-9-11-25(18-21(22)7-5-17-34(2)3)35-23-12-13-24(35)15-14-23;1-20-6-4-7-21-10-16-27(30(34)29(20)21)28(33)19-23-9-11-26(18-22(23)8-5-17-31(2)3)32-24-12-13-25(32)15-14-24;1-27(29,30)22-7-2-4-16-9-13-21(26(36)25(16)22)24(35)14-17-8-10-20(15-23(17)28(31,32)33)34-18-5-3-6-19(34)12-11-18;26-25(27,28)20-13-18(29-16-7-8-17(29)10-9-16)6-4-15(20)12-22(31)19-11-5-14-2-1-3-21(30)23(14)24(19)32;/h4,6,8-9,11,16,18,23-24H,10,12-15,17,19H2,1-3H3;4,6-7,9,11,16,18,24-25H,10,12-15,17,19H2,1-3H3;2,4,7-8,10,13,15,18-19H,3,5-6,9,11-12,14H2,1H3;1-4,6,11,13,16-17,30H,5,7-10,12H2;1H. The molecular weight excluding hydrogens is 1790 g/mol. The van der Waals surface area contributed by atoms with Crippen molar-refractivity contribution >= 4 is 69.0 Å². The Morgan fingerprint density at radius 2 is 0.626 bits per heavy atom. The molecule has 8 aromatic rings. The van der Waals surface area contributed by atoms with E-state index in [-0.39, 0.29) is 131 Å². The number of ketones is 8. The van der Waals surface area contributed by atoms with Crippen LogP contribution in [0.1, 0.15) is 249 Å². The maximum atomic E-state index is 14.3. The van der Waals surface area contributed by atoms with Crippen molar-refractivity contribution < 1.29 is 88.8 Å². The molecule has 724 valence electrons. The molecule has 0 aromatic heterocycles. The zero-order valence-electron chi connectivity index (χ0n) is 79.1. The first-order valence-corrected chi connectivity index (χ1v) is 48.3. The van der Waals surface area contributed by atoms with E-state index in [1.807, 2.05) is 69.2 Å². The molecule has 8 fully saturated rings. The summed E-state index contributed by atoms with van der Waals surface area (Å²) in [6.07, 6.45) is 15.9. The highest BCUT2D eigenvalue weighted by Crippen LogP contribution is 2.49. The van der Waals surface area contributed by atoms with E-state index in [0.29, 0.717) is 89.8 Å². The molecule has 12 aliphatic rings. The Morgan fingerprint density at radius 1 is 0.353 bits per heavy atom. The molecule has 15 nitrogen and oxygen atoms in total. The zero-order chi connectivity index (χ0) is 98.6. The number of anilines is 4. The van der Waals surface area contributed by atoms with Gasteiger partial charge in [-0.3, -0.25) is 48.2 Å². The molecule has 2 unspecified atom stereocenters. The number of benzene rings is 8. The molecule has 139 heavy (non-hydrogen) atoms. The quantitative estimate of drug-likeness (QED) is 0.0433. The number of carbonyl (C=O) groups is 8. The molecule has 8 aromatic carbocycles. The van der Waals surface area contributed by atoms with Gasteiger partial charge in [-0.15, -0.1) is 0 Å². The number of hydrogen-bond donors (Lipinski definition) is 1. The molecular formula is C114H114F10N6O9. The number of hydrogen-bond acceptors (Lipinski definition) is 15. The average molecular weight is 1900 g/mol. The molecule has 0 spiro atoms. The Hall–Kier alpha value is -12.6. The van der Waals surface area contributed by atoms with Crippen molar-refractivity contribution in [3.05, 3.63) is 298 Å². The summed E-state index contributed by atoms with van der Waals surface area (Å²) in [5, 5.41) is 10.0. The van der Waals surface area contributed by atoms with Crippen LogP contribution in [0.25, 0.3) is 0 Å². The first-order chi connectivity index (χ1) is 66.2. The van der Waals surface area contributed by atoms with E-state index in [2.05, 4.69) is 73.6 Å². The first kappa shape index (κ1) is 98.0. The van der Waals surface area contributed by atoms with Gasteiger partial charge in [0.2, 0.25) is 0 Å². The Bertz CT molecular complexity index is 6490. The minimum atomic E-state index is -4.69. The monoisotopic (exact) mass is 1900 g/mol. The highest BCUT2D eigenvalue weighted by molar-refractivity contribution is 6.31. The number of alkyl halides is 10. The number of aryl methyl sites for hydroxylation is 1. The number of aromatic hydroxyl groups is 1. The highest BCUT2D eigenvalue weighted by Gasteiger charge is 2.47. The zero-order valence-corrected chi connectivity index (χ0v) is 79.1. The smallest absolute Gasteiger partial charge is 0.416 e. The fraction of sp³-hybridized carbons (Fsp3) is 0.404. The van der Waals surface area contributed by atoms with E-state index in [9.17, 15) is 87.4 Å². The van der Waals surface area contributed by atoms with Gasteiger partial charge in [0.1, 0.15) is 5.75 Å². The van der Waals surface area contributed by atoms with Gasteiger partial charge in [-0.2, -0.15) is 26.3 Å². The van der Waals surface area contributed by atoms with Crippen LogP contribution in [0.4, 0.5) is 66.7 Å². The number of allylic oxidation sites excluding steroid dienone is 8. The van der Waals surface area contributed by atoms with Gasteiger partial charge in [0.25, 0.3) is 11.8 Å². The first-order valence-electron chi connectivity index (χ1n) is 48.3. The van der Waals surface area contributed by atoms with Crippen molar-refractivity contribution in [2.24, 2.45) is 0 Å². The van der Waals surface area contributed by atoms with Crippen LogP contribution in [-0.2, 0) is 94.7 Å². The molecule has 8 heterocycles. The predicted molar refractivity (Wildman–Crippen MR) is 518 cm³/mol. The summed E-state index contributed by atoms with van der Waals surface area (Å²) in [6.45, 7) is 4.63. The van der Waals surface area contributed by atoms with Crippen LogP contribution >= 0.6 is 0 Å². The van der Waals surface area contributed by atoms with Crippen molar-refractivity contribution in [1.82, 2.24) is 9.80 Å². The molecule has 0 saturated carbocycles. The van der Waals surface area contributed by atoms with Gasteiger partial charge in [-0.05, 0) is 275 Å². The van der Waals surface area contributed by atoms with Crippen LogP contribution in [0.15, 0.2) is 192 Å². The fourth-order valence-corrected chi connectivity index (χ4v) is 23.2. The molecule has 4 aliphatic carbocycles. The molecule has 8 aliphatic heterocycles. The third-order valence-corrected chi connectivity index (χ3v) is 29.8. The van der Waals surface area contributed by atoms with Crippen molar-refractivity contribution in [3.8, 4) is 29.4 Å². The van der Waals surface area contributed by atoms with Crippen LogP contribution in [0.2, 0.25) is 0 Å². The van der Waals surface area contributed by atoms with E-state index in [0.717, 1.165) is 122 Å². The number of nitrogens with zero attached hydrogens (tertiary/aromatic N) is 6. The summed E-state index contributed by atoms with van der Waals surface area (Å²) < 4.78 is 141. The topological polar surface area (TPSA) is 176 Å². The van der Waals surface area contributed by atoms with Crippen LogP contribution in [0.5, 0.6) is 5.75 Å². The Labute approximate surface area is 805 Å². The van der Waals surface area contributed by atoms with Crippen molar-refractivity contribution in [2.75, 3.05) is 60.9 Å². The average Bonchev–Trinajstić information content (AvgIpc) is 0.940. The summed E-state index contributed by atoms with van der Waals surface area (Å²) in [6, 6.07) is 43.2. The molecule has 1 N–H and O–H groups in total. The maximum absolute atomic E-state index is 14.3. The number of piperidine rings is 1. The van der Waals surface area contributed by atoms with E-state index < -0.39 is 82.6 Å². The van der Waals surface area contributed by atoms with E-state index >= 15 is 0 Å². The van der Waals surface area contributed by atoms with E-state index in [4.69, 9.17) is 0 Å². The second-order valence-electron chi connectivity index (χ2n) is 39.7. The largest absolute Gasteiger partial charge is 0.507 e. The van der Waals surface area contributed by atoms with Gasteiger partial charge >= 0.3 is 12.4 Å². The summed E-state index contributed by atoms with van der Waals surface area (Å²) in [7, 11) is 7.89. The molecule has 25 heteroatoms. The molecule has 0 amide bonds. The lowest BCUT2D eigenvalue weighted by molar-refractivity contribution is -0.139. The van der Waals surface area contributed by atoms with Gasteiger partial charge < -0.3 is 24.7 Å². The summed E-state index contributed by atoms with van der Waals surface area (Å²) in [5.41, 5.74) is 7.49. The van der Waals surface area contributed by atoms with Crippen molar-refractivity contribution in [3.63, 3.8) is 0 Å². The van der Waals surface area contributed by atoms with E-state index in [1.165, 1.54) is 112 Å². The Morgan fingerprint density at radius 3 is 0.950 bits per heavy atom. The van der Waals surface area contributed by atoms with Gasteiger partial charge in [0, 0.05) is 151 Å². The van der Waals surface area contributed by atoms with Gasteiger partial charge in [-0.25, -0.2) is 17.6 Å². The van der Waals surface area contributed by atoms with Crippen LogP contribution in [0, 0.1) is 30.6 Å².